The Morgan fingerprint density at radius 2 is 1.64 bits per heavy atom. The minimum atomic E-state index is -0.465. The van der Waals surface area contributed by atoms with Crippen LogP contribution in [0.15, 0.2) is 74.6 Å². The number of hydrogen-bond donors (Lipinski definition) is 0. The fourth-order valence-corrected chi connectivity index (χ4v) is 2.56. The van der Waals surface area contributed by atoms with Gasteiger partial charge in [0, 0.05) is 16.2 Å². The van der Waals surface area contributed by atoms with Crippen molar-refractivity contribution in [2.24, 2.45) is 0 Å². The molecule has 0 radical (unpaired) electrons. The Morgan fingerprint density at radius 1 is 0.864 bits per heavy atom. The van der Waals surface area contributed by atoms with Gasteiger partial charge in [-0.25, -0.2) is 4.79 Å². The molecule has 2 heterocycles. The highest BCUT2D eigenvalue weighted by atomic mass is 16.5. The van der Waals surface area contributed by atoms with Crippen molar-refractivity contribution in [1.82, 2.24) is 10.4 Å². The zero-order chi connectivity index (χ0) is 14.9. The molecule has 2 aromatic carbocycles. The summed E-state index contributed by atoms with van der Waals surface area (Å²) >= 11 is 0. The van der Waals surface area contributed by atoms with Crippen molar-refractivity contribution in [3.63, 3.8) is 0 Å². The smallest absolute Gasteiger partial charge is 0.346 e. The summed E-state index contributed by atoms with van der Waals surface area (Å²) in [7, 11) is 0. The van der Waals surface area contributed by atoms with E-state index in [1.807, 2.05) is 48.5 Å². The number of benzene rings is 2. The van der Waals surface area contributed by atoms with Gasteiger partial charge < -0.3 is 8.94 Å². The van der Waals surface area contributed by atoms with Crippen LogP contribution in [0.1, 0.15) is 0 Å². The minimum absolute atomic E-state index is 0.353. The Balaban J connectivity index is 2.19. The first-order valence-electron chi connectivity index (χ1n) is 6.73. The van der Waals surface area contributed by atoms with Gasteiger partial charge in [-0.15, -0.1) is 5.10 Å². The van der Waals surface area contributed by atoms with Crippen molar-refractivity contribution in [3.05, 3.63) is 71.3 Å². The molecule has 0 N–H and O–H groups in total. The van der Waals surface area contributed by atoms with Gasteiger partial charge in [-0.3, -0.25) is 0 Å². The normalized spacial score (nSPS) is 10.9. The Hall–Kier alpha value is -3.21. The maximum absolute atomic E-state index is 12.4. The highest BCUT2D eigenvalue weighted by Gasteiger charge is 2.19. The molecule has 4 aromatic rings. The van der Waals surface area contributed by atoms with Gasteiger partial charge in [0.2, 0.25) is 0 Å². The van der Waals surface area contributed by atoms with E-state index in [0.29, 0.717) is 16.8 Å². The molecule has 5 nitrogen and oxygen atoms in total. The van der Waals surface area contributed by atoms with E-state index >= 15 is 0 Å². The van der Waals surface area contributed by atoms with E-state index in [1.54, 1.807) is 6.07 Å². The van der Waals surface area contributed by atoms with Crippen LogP contribution in [0.25, 0.3) is 33.4 Å². The third-order valence-electron chi connectivity index (χ3n) is 3.49. The Labute approximate surface area is 124 Å². The first-order valence-corrected chi connectivity index (χ1v) is 6.73. The number of aromatic nitrogens is 2. The lowest BCUT2D eigenvalue weighted by Crippen LogP contribution is -2.06. The lowest BCUT2D eigenvalue weighted by atomic mass is 9.96. The molecule has 0 aliphatic carbocycles. The van der Waals surface area contributed by atoms with E-state index < -0.39 is 5.63 Å². The molecule has 0 saturated carbocycles. The predicted molar refractivity (Wildman–Crippen MR) is 81.2 cm³/mol. The summed E-state index contributed by atoms with van der Waals surface area (Å²) in [5.74, 6) is 0. The van der Waals surface area contributed by atoms with Crippen LogP contribution in [-0.4, -0.2) is 10.4 Å². The summed E-state index contributed by atoms with van der Waals surface area (Å²) in [6.45, 7) is 0. The molecule has 0 amide bonds. The number of fused-ring (bicyclic) bond motifs is 1. The molecule has 0 spiro atoms. The molecule has 4 rings (SSSR count). The molecule has 5 heteroatoms. The van der Waals surface area contributed by atoms with Crippen LogP contribution in [0, 0.1) is 0 Å². The second-order valence-corrected chi connectivity index (χ2v) is 4.79. The first-order chi connectivity index (χ1) is 10.8. The number of rotatable bonds is 2. The Morgan fingerprint density at radius 3 is 2.41 bits per heavy atom. The lowest BCUT2D eigenvalue weighted by Gasteiger charge is -2.09. The average molecular weight is 290 g/mol. The van der Waals surface area contributed by atoms with Gasteiger partial charge in [-0.05, 0) is 11.6 Å². The number of hydrogen-bond acceptors (Lipinski definition) is 5. The topological polar surface area (TPSA) is 69.1 Å². The summed E-state index contributed by atoms with van der Waals surface area (Å²) in [4.78, 5) is 12.4. The van der Waals surface area contributed by atoms with Crippen LogP contribution in [0.4, 0.5) is 0 Å². The van der Waals surface area contributed by atoms with E-state index in [2.05, 4.69) is 10.4 Å². The van der Waals surface area contributed by atoms with Crippen molar-refractivity contribution < 1.29 is 8.94 Å². The monoisotopic (exact) mass is 290 g/mol. The molecule has 0 aliphatic rings. The highest BCUT2D eigenvalue weighted by Crippen LogP contribution is 2.34. The molecular weight excluding hydrogens is 280 g/mol. The third kappa shape index (κ3) is 1.91. The molecule has 0 unspecified atom stereocenters. The van der Waals surface area contributed by atoms with E-state index in [0.717, 1.165) is 16.5 Å². The van der Waals surface area contributed by atoms with Gasteiger partial charge in [0.05, 0.1) is 5.56 Å². The van der Waals surface area contributed by atoms with Crippen LogP contribution >= 0.6 is 0 Å². The maximum Gasteiger partial charge on any atom is 0.346 e. The summed E-state index contributed by atoms with van der Waals surface area (Å²) in [6.07, 6.45) is 1.34. The zero-order valence-corrected chi connectivity index (χ0v) is 11.4. The fraction of sp³-hybridized carbons (Fsp3) is 0. The number of nitrogens with zero attached hydrogens (tertiary/aromatic N) is 2. The van der Waals surface area contributed by atoms with Gasteiger partial charge >= 0.3 is 5.63 Å². The van der Waals surface area contributed by atoms with Crippen molar-refractivity contribution in [3.8, 4) is 22.4 Å². The highest BCUT2D eigenvalue weighted by molar-refractivity contribution is 6.00. The van der Waals surface area contributed by atoms with E-state index in [-0.39, 0.29) is 0 Å². The van der Waals surface area contributed by atoms with Crippen LogP contribution in [-0.2, 0) is 0 Å². The van der Waals surface area contributed by atoms with Gasteiger partial charge in [0.15, 0.2) is 6.26 Å². The predicted octanol–water partition coefficient (Wildman–Crippen LogP) is 3.51. The lowest BCUT2D eigenvalue weighted by molar-refractivity contribution is 0.393. The van der Waals surface area contributed by atoms with Gasteiger partial charge in [0.1, 0.15) is 11.3 Å². The van der Waals surface area contributed by atoms with E-state index in [4.69, 9.17) is 8.94 Å². The van der Waals surface area contributed by atoms with Crippen LogP contribution < -0.4 is 5.63 Å². The van der Waals surface area contributed by atoms with Crippen LogP contribution in [0.2, 0.25) is 0 Å². The summed E-state index contributed by atoms with van der Waals surface area (Å²) < 4.78 is 10.2. The summed E-state index contributed by atoms with van der Waals surface area (Å²) in [6, 6.07) is 17.1. The third-order valence-corrected chi connectivity index (χ3v) is 3.49. The van der Waals surface area contributed by atoms with Crippen molar-refractivity contribution in [2.75, 3.05) is 0 Å². The standard InChI is InChI=1S/C17H10N2O3/c20-17-16(13-10-21-19-18-13)15(11-6-2-1-3-7-11)12-8-4-5-9-14(12)22-17/h1-10H. The largest absolute Gasteiger partial charge is 0.422 e. The first kappa shape index (κ1) is 12.5. The minimum Gasteiger partial charge on any atom is -0.422 e. The number of para-hydroxylation sites is 1. The summed E-state index contributed by atoms with van der Waals surface area (Å²) in [5, 5.41) is 8.15. The quantitative estimate of drug-likeness (QED) is 0.528. The van der Waals surface area contributed by atoms with Crippen molar-refractivity contribution >= 4 is 11.0 Å². The van der Waals surface area contributed by atoms with Gasteiger partial charge in [-0.1, -0.05) is 48.5 Å². The molecule has 22 heavy (non-hydrogen) atoms. The summed E-state index contributed by atoms with van der Waals surface area (Å²) in [5.41, 5.74) is 2.46. The van der Waals surface area contributed by atoms with Crippen LogP contribution in [0.3, 0.4) is 0 Å². The molecule has 0 fully saturated rings. The zero-order valence-electron chi connectivity index (χ0n) is 11.4. The Kier molecular flexibility index (Phi) is 2.83. The van der Waals surface area contributed by atoms with E-state index in [1.165, 1.54) is 6.26 Å². The maximum atomic E-state index is 12.4. The molecular formula is C17H10N2O3. The molecule has 2 aromatic heterocycles. The molecule has 0 bridgehead atoms. The molecule has 0 aliphatic heterocycles. The van der Waals surface area contributed by atoms with Gasteiger partial charge in [-0.2, -0.15) is 0 Å². The van der Waals surface area contributed by atoms with Crippen molar-refractivity contribution in [1.29, 1.82) is 0 Å². The van der Waals surface area contributed by atoms with Crippen molar-refractivity contribution in [2.45, 2.75) is 0 Å². The average Bonchev–Trinajstić information content (AvgIpc) is 3.08. The SMILES string of the molecule is O=c1oc2ccccc2c(-c2ccccc2)c1-c1conn1. The Bertz CT molecular complexity index is 990. The molecule has 0 atom stereocenters. The van der Waals surface area contributed by atoms with E-state index in [9.17, 15) is 4.79 Å². The molecule has 106 valence electrons. The molecule has 0 saturated heterocycles. The van der Waals surface area contributed by atoms with Gasteiger partial charge in [0.25, 0.3) is 0 Å². The fourth-order valence-electron chi connectivity index (χ4n) is 2.56. The second kappa shape index (κ2) is 4.96. The second-order valence-electron chi connectivity index (χ2n) is 4.79. The van der Waals surface area contributed by atoms with Crippen LogP contribution in [0.5, 0.6) is 0 Å².